The molecule has 10 nitrogen and oxygen atoms in total. The lowest BCUT2D eigenvalue weighted by Crippen LogP contribution is -2.61. The Morgan fingerprint density at radius 2 is 1.89 bits per heavy atom. The first-order valence-electron chi connectivity index (χ1n) is 7.57. The van der Waals surface area contributed by atoms with Gasteiger partial charge in [-0.3, -0.25) is 9.54 Å². The molecule has 1 unspecified atom stereocenters. The lowest BCUT2D eigenvalue weighted by Gasteiger charge is -2.38. The monoisotopic (exact) mass is 402 g/mol. The predicted octanol–water partition coefficient (Wildman–Crippen LogP) is -0.686. The van der Waals surface area contributed by atoms with Gasteiger partial charge in [-0.25, -0.2) is 9.37 Å². The number of pyridine rings is 2. The largest absolute Gasteiger partial charge is 0.460 e. The quantitative estimate of drug-likeness (QED) is 0.482. The lowest BCUT2D eigenvalue weighted by atomic mass is 10.1. The van der Waals surface area contributed by atoms with Gasteiger partial charge in [0.1, 0.15) is 29.8 Å². The summed E-state index contributed by atoms with van der Waals surface area (Å²) in [6.07, 6.45) is -3.82. The van der Waals surface area contributed by atoms with Crippen LogP contribution in [-0.4, -0.2) is 68.3 Å². The van der Waals surface area contributed by atoms with E-state index in [2.05, 4.69) is 9.97 Å². The van der Waals surface area contributed by atoms with Crippen LogP contribution in [0.25, 0.3) is 11.3 Å². The fraction of sp³-hybridized carbons (Fsp3) is 0.333. The molecule has 0 spiro atoms. The molecule has 2 aromatic rings. The average Bonchev–Trinajstić information content (AvgIpc) is 2.62. The molecule has 5 atom stereocenters. The highest BCUT2D eigenvalue weighted by Crippen LogP contribution is 2.28. The predicted molar refractivity (Wildman–Crippen MR) is 86.3 cm³/mol. The van der Waals surface area contributed by atoms with Crippen LogP contribution in [-0.2, 0) is 14.9 Å². The van der Waals surface area contributed by atoms with E-state index in [4.69, 9.17) is 14.0 Å². The molecule has 0 aliphatic carbocycles. The van der Waals surface area contributed by atoms with Crippen molar-refractivity contribution in [2.24, 2.45) is 0 Å². The first kappa shape index (κ1) is 19.5. The summed E-state index contributed by atoms with van der Waals surface area (Å²) in [6.45, 7) is 0. The first-order valence-corrected chi connectivity index (χ1v) is 9.07. The lowest BCUT2D eigenvalue weighted by molar-refractivity contribution is -0.254. The zero-order valence-electron chi connectivity index (χ0n) is 13.5. The maximum atomic E-state index is 14.3. The van der Waals surface area contributed by atoms with Gasteiger partial charge in [0, 0.05) is 24.0 Å². The Morgan fingerprint density at radius 3 is 2.48 bits per heavy atom. The van der Waals surface area contributed by atoms with Crippen LogP contribution in [0.4, 0.5) is 4.39 Å². The van der Waals surface area contributed by atoms with Crippen molar-refractivity contribution in [3.8, 4) is 17.0 Å². The zero-order chi connectivity index (χ0) is 19.8. The van der Waals surface area contributed by atoms with Crippen molar-refractivity contribution in [3.05, 3.63) is 42.6 Å². The molecular formula is C15H15FN2O8S. The van der Waals surface area contributed by atoms with Crippen LogP contribution in [0.1, 0.15) is 0 Å². The second kappa shape index (κ2) is 7.42. The average molecular weight is 402 g/mol. The number of ether oxygens (including phenoxy) is 2. The van der Waals surface area contributed by atoms with Gasteiger partial charge in [-0.2, -0.15) is 8.42 Å². The van der Waals surface area contributed by atoms with Gasteiger partial charge in [0.15, 0.2) is 5.82 Å². The molecule has 0 amide bonds. The highest BCUT2D eigenvalue weighted by molar-refractivity contribution is 7.86. The van der Waals surface area contributed by atoms with Crippen molar-refractivity contribution in [1.82, 2.24) is 9.97 Å². The molecule has 1 aliphatic rings. The molecule has 0 bridgehead atoms. The molecule has 2 aromatic heterocycles. The van der Waals surface area contributed by atoms with Gasteiger partial charge >= 0.3 is 0 Å². The van der Waals surface area contributed by atoms with E-state index in [1.807, 2.05) is 0 Å². The molecule has 3 heterocycles. The van der Waals surface area contributed by atoms with Crippen molar-refractivity contribution in [2.45, 2.75) is 30.0 Å². The summed E-state index contributed by atoms with van der Waals surface area (Å²) in [6, 6.07) is 4.09. The minimum absolute atomic E-state index is 0.0215. The van der Waals surface area contributed by atoms with Crippen LogP contribution < -0.4 is 4.74 Å². The summed E-state index contributed by atoms with van der Waals surface area (Å²) in [5.41, 5.74) is -1.87. The van der Waals surface area contributed by atoms with E-state index in [0.29, 0.717) is 5.56 Å². The van der Waals surface area contributed by atoms with E-state index in [0.717, 1.165) is 12.3 Å². The van der Waals surface area contributed by atoms with E-state index in [-0.39, 0.29) is 11.4 Å². The molecular weight excluding hydrogens is 387 g/mol. The number of rotatable bonds is 4. The molecule has 0 saturated carbocycles. The van der Waals surface area contributed by atoms with Crippen molar-refractivity contribution in [1.29, 1.82) is 0 Å². The third kappa shape index (κ3) is 4.05. The standard InChI is InChI=1S/C15H15FN2O8S/c16-9-4-8(6-18-10(9)7-2-1-3-17-5-7)25-14-12(20)11(19)13(21)15(26-14)27(22,23)24/h1-6,11-15,19-21H,(H,22,23,24)/t11-,12-,13+,14-,15?/m1/s1. The summed E-state index contributed by atoms with van der Waals surface area (Å²) in [7, 11) is -4.93. The van der Waals surface area contributed by atoms with Crippen LogP contribution in [0.15, 0.2) is 36.8 Å². The van der Waals surface area contributed by atoms with E-state index in [9.17, 15) is 28.1 Å². The number of aromatic nitrogens is 2. The topological polar surface area (TPSA) is 159 Å². The van der Waals surface area contributed by atoms with E-state index in [1.54, 1.807) is 12.1 Å². The Balaban J connectivity index is 1.83. The SMILES string of the molecule is O=S(=O)(O)C1O[C@@H](Oc2cnc(-c3cccnc3)c(F)c2)[C@H](O)[C@@H](O)[C@@H]1O. The molecule has 1 aliphatic heterocycles. The van der Waals surface area contributed by atoms with Gasteiger partial charge in [-0.05, 0) is 12.1 Å². The molecule has 0 aromatic carbocycles. The highest BCUT2D eigenvalue weighted by Gasteiger charge is 2.50. The zero-order valence-corrected chi connectivity index (χ0v) is 14.3. The minimum Gasteiger partial charge on any atom is -0.460 e. The van der Waals surface area contributed by atoms with Crippen molar-refractivity contribution in [3.63, 3.8) is 0 Å². The maximum Gasteiger partial charge on any atom is 0.295 e. The van der Waals surface area contributed by atoms with Crippen LogP contribution in [0.2, 0.25) is 0 Å². The third-order valence-corrected chi connectivity index (χ3v) is 4.80. The van der Waals surface area contributed by atoms with Gasteiger partial charge in [-0.15, -0.1) is 0 Å². The van der Waals surface area contributed by atoms with Crippen LogP contribution in [0.3, 0.4) is 0 Å². The number of hydrogen-bond donors (Lipinski definition) is 4. The van der Waals surface area contributed by atoms with Crippen molar-refractivity contribution in [2.75, 3.05) is 0 Å². The smallest absolute Gasteiger partial charge is 0.295 e. The van der Waals surface area contributed by atoms with Gasteiger partial charge in [0.05, 0.1) is 6.20 Å². The van der Waals surface area contributed by atoms with Gasteiger partial charge in [0.2, 0.25) is 11.7 Å². The molecule has 0 radical (unpaired) electrons. The summed E-state index contributed by atoms with van der Waals surface area (Å²) in [4.78, 5) is 7.74. The fourth-order valence-corrected chi connectivity index (χ4v) is 3.26. The number of aliphatic hydroxyl groups excluding tert-OH is 3. The number of aliphatic hydroxyl groups is 3. The number of hydrogen-bond acceptors (Lipinski definition) is 9. The molecule has 4 N–H and O–H groups in total. The third-order valence-electron chi connectivity index (χ3n) is 3.82. The van der Waals surface area contributed by atoms with Crippen LogP contribution in [0, 0.1) is 5.82 Å². The van der Waals surface area contributed by atoms with Gasteiger partial charge in [-0.1, -0.05) is 0 Å². The first-order chi connectivity index (χ1) is 12.7. The second-order valence-electron chi connectivity index (χ2n) is 5.72. The minimum atomic E-state index is -4.93. The van der Waals surface area contributed by atoms with E-state index >= 15 is 0 Å². The normalized spacial score (nSPS) is 28.7. The van der Waals surface area contributed by atoms with Crippen molar-refractivity contribution >= 4 is 10.1 Å². The van der Waals surface area contributed by atoms with E-state index in [1.165, 1.54) is 12.4 Å². The Kier molecular flexibility index (Phi) is 5.37. The molecule has 3 rings (SSSR count). The molecule has 146 valence electrons. The van der Waals surface area contributed by atoms with Crippen LogP contribution in [0.5, 0.6) is 5.75 Å². The Labute approximate surface area is 152 Å². The molecule has 1 fully saturated rings. The summed E-state index contributed by atoms with van der Waals surface area (Å²) < 4.78 is 55.8. The Morgan fingerprint density at radius 1 is 1.15 bits per heavy atom. The summed E-state index contributed by atoms with van der Waals surface area (Å²) >= 11 is 0. The molecule has 1 saturated heterocycles. The maximum absolute atomic E-state index is 14.3. The van der Waals surface area contributed by atoms with Gasteiger partial charge in [0.25, 0.3) is 10.1 Å². The Hall–Kier alpha value is -2.22. The van der Waals surface area contributed by atoms with Crippen molar-refractivity contribution < 1.29 is 42.2 Å². The second-order valence-corrected chi connectivity index (χ2v) is 7.22. The molecule has 27 heavy (non-hydrogen) atoms. The highest BCUT2D eigenvalue weighted by atomic mass is 32.2. The summed E-state index contributed by atoms with van der Waals surface area (Å²) in [5.74, 6) is -1.04. The van der Waals surface area contributed by atoms with Crippen LogP contribution >= 0.6 is 0 Å². The van der Waals surface area contributed by atoms with Gasteiger partial charge < -0.3 is 24.8 Å². The number of halogens is 1. The molecule has 12 heteroatoms. The number of nitrogens with zero attached hydrogens (tertiary/aromatic N) is 2. The summed E-state index contributed by atoms with van der Waals surface area (Å²) in [5, 5.41) is 29.3. The fourth-order valence-electron chi connectivity index (χ4n) is 2.50. The Bertz CT molecular complexity index is 913. The van der Waals surface area contributed by atoms with E-state index < -0.39 is 46.0 Å².